The number of aryl methyl sites for hydroxylation is 1. The van der Waals surface area contributed by atoms with Gasteiger partial charge in [0, 0.05) is 39.0 Å². The summed E-state index contributed by atoms with van der Waals surface area (Å²) in [7, 11) is 0. The molecule has 2 heteroatoms. The van der Waals surface area contributed by atoms with Crippen LogP contribution in [0.25, 0.3) is 43.8 Å². The van der Waals surface area contributed by atoms with Gasteiger partial charge in [-0.1, -0.05) is 54.6 Å². The highest BCUT2D eigenvalue weighted by molar-refractivity contribution is 6.09. The minimum absolute atomic E-state index is 0.393. The van der Waals surface area contributed by atoms with Crippen molar-refractivity contribution in [2.24, 2.45) is 0 Å². The number of para-hydroxylation sites is 1. The van der Waals surface area contributed by atoms with Crippen LogP contribution in [-0.4, -0.2) is 9.55 Å². The summed E-state index contributed by atoms with van der Waals surface area (Å²) in [6.45, 7) is 6.57. The quantitative estimate of drug-likeness (QED) is 0.338. The van der Waals surface area contributed by atoms with E-state index in [1.165, 1.54) is 38.1 Å². The Morgan fingerprint density at radius 3 is 2.26 bits per heavy atom. The predicted octanol–water partition coefficient (Wildman–Crippen LogP) is 6.90. The number of aromatic nitrogens is 2. The van der Waals surface area contributed by atoms with E-state index in [9.17, 15) is 0 Å². The summed E-state index contributed by atoms with van der Waals surface area (Å²) >= 11 is 0. The van der Waals surface area contributed by atoms with Gasteiger partial charge in [-0.05, 0) is 44.4 Å². The Kier molecular flexibility index (Phi) is 3.54. The zero-order chi connectivity index (χ0) is 18.5. The molecular formula is C25H22N2. The topological polar surface area (TPSA) is 17.8 Å². The standard InChI is InChI=1S/C25H22N2/c1-16(2)27-23-11-7-6-10-21(23)22-13-12-19(15-24(22)27)25-20-9-5-4-8-18(20)14-17(3)26-25/h4-16H,1-3H3. The highest BCUT2D eigenvalue weighted by atomic mass is 15.0. The van der Waals surface area contributed by atoms with Gasteiger partial charge in [-0.15, -0.1) is 0 Å². The van der Waals surface area contributed by atoms with Crippen molar-refractivity contribution in [3.8, 4) is 11.3 Å². The third-order valence-corrected chi connectivity index (χ3v) is 5.37. The van der Waals surface area contributed by atoms with Crippen LogP contribution in [-0.2, 0) is 0 Å². The second kappa shape index (κ2) is 5.95. The van der Waals surface area contributed by atoms with E-state index in [1.54, 1.807) is 0 Å². The van der Waals surface area contributed by atoms with Gasteiger partial charge < -0.3 is 4.57 Å². The third kappa shape index (κ3) is 2.44. The molecule has 2 aromatic heterocycles. The van der Waals surface area contributed by atoms with Crippen LogP contribution >= 0.6 is 0 Å². The Bertz CT molecular complexity index is 1310. The molecule has 2 nitrogen and oxygen atoms in total. The summed E-state index contributed by atoms with van der Waals surface area (Å²) in [5, 5.41) is 5.06. The van der Waals surface area contributed by atoms with Gasteiger partial charge in [0.15, 0.2) is 0 Å². The molecule has 0 aliphatic rings. The maximum atomic E-state index is 4.90. The van der Waals surface area contributed by atoms with Crippen molar-refractivity contribution >= 4 is 32.6 Å². The van der Waals surface area contributed by atoms with E-state index in [-0.39, 0.29) is 0 Å². The Balaban J connectivity index is 1.87. The molecule has 0 amide bonds. The molecule has 0 unspecified atom stereocenters. The monoisotopic (exact) mass is 350 g/mol. The molecule has 0 saturated heterocycles. The number of hydrogen-bond donors (Lipinski definition) is 0. The first kappa shape index (κ1) is 16.1. The van der Waals surface area contributed by atoms with E-state index in [0.717, 1.165) is 11.4 Å². The molecule has 0 radical (unpaired) electrons. The fourth-order valence-electron chi connectivity index (χ4n) is 4.26. The first-order chi connectivity index (χ1) is 13.1. The molecule has 5 rings (SSSR count). The fourth-order valence-corrected chi connectivity index (χ4v) is 4.26. The van der Waals surface area contributed by atoms with Crippen LogP contribution in [0, 0.1) is 6.92 Å². The van der Waals surface area contributed by atoms with E-state index in [4.69, 9.17) is 4.98 Å². The van der Waals surface area contributed by atoms with Gasteiger partial charge in [-0.3, -0.25) is 4.98 Å². The molecular weight excluding hydrogens is 328 g/mol. The maximum absolute atomic E-state index is 4.90. The normalized spacial score (nSPS) is 11.9. The smallest absolute Gasteiger partial charge is 0.0784 e. The SMILES string of the molecule is Cc1cc2ccccc2c(-c2ccc3c4ccccc4n(C(C)C)c3c2)n1. The van der Waals surface area contributed by atoms with E-state index in [0.29, 0.717) is 6.04 Å². The van der Waals surface area contributed by atoms with Gasteiger partial charge >= 0.3 is 0 Å². The van der Waals surface area contributed by atoms with E-state index in [2.05, 4.69) is 98.1 Å². The van der Waals surface area contributed by atoms with Crippen molar-refractivity contribution < 1.29 is 0 Å². The number of hydrogen-bond acceptors (Lipinski definition) is 1. The molecule has 0 N–H and O–H groups in total. The Morgan fingerprint density at radius 1 is 0.741 bits per heavy atom. The number of fused-ring (bicyclic) bond motifs is 4. The lowest BCUT2D eigenvalue weighted by atomic mass is 10.0. The highest BCUT2D eigenvalue weighted by Crippen LogP contribution is 2.35. The average molecular weight is 350 g/mol. The van der Waals surface area contributed by atoms with Crippen LogP contribution < -0.4 is 0 Å². The minimum Gasteiger partial charge on any atom is -0.338 e. The summed E-state index contributed by atoms with van der Waals surface area (Å²) in [6.07, 6.45) is 0. The molecule has 0 spiro atoms. The number of nitrogens with zero attached hydrogens (tertiary/aromatic N) is 2. The van der Waals surface area contributed by atoms with Crippen molar-refractivity contribution in [1.82, 2.24) is 9.55 Å². The largest absolute Gasteiger partial charge is 0.338 e. The molecule has 3 aromatic carbocycles. The second-order valence-corrected chi connectivity index (χ2v) is 7.55. The van der Waals surface area contributed by atoms with Crippen LogP contribution in [0.2, 0.25) is 0 Å². The van der Waals surface area contributed by atoms with Crippen LogP contribution in [0.5, 0.6) is 0 Å². The van der Waals surface area contributed by atoms with Gasteiger partial charge in [0.05, 0.1) is 11.2 Å². The highest BCUT2D eigenvalue weighted by Gasteiger charge is 2.14. The van der Waals surface area contributed by atoms with Gasteiger partial charge in [-0.2, -0.15) is 0 Å². The van der Waals surface area contributed by atoms with E-state index >= 15 is 0 Å². The number of pyridine rings is 1. The zero-order valence-electron chi connectivity index (χ0n) is 15.9. The lowest BCUT2D eigenvalue weighted by Gasteiger charge is -2.13. The Hall–Kier alpha value is -3.13. The molecule has 0 bridgehead atoms. The lowest BCUT2D eigenvalue weighted by molar-refractivity contribution is 0.642. The predicted molar refractivity (Wildman–Crippen MR) is 115 cm³/mol. The van der Waals surface area contributed by atoms with Gasteiger partial charge in [0.2, 0.25) is 0 Å². The number of benzene rings is 3. The van der Waals surface area contributed by atoms with Crippen molar-refractivity contribution in [1.29, 1.82) is 0 Å². The van der Waals surface area contributed by atoms with E-state index < -0.39 is 0 Å². The molecule has 0 fully saturated rings. The third-order valence-electron chi connectivity index (χ3n) is 5.37. The molecule has 132 valence electrons. The van der Waals surface area contributed by atoms with Crippen LogP contribution in [0.3, 0.4) is 0 Å². The van der Waals surface area contributed by atoms with Crippen LogP contribution in [0.1, 0.15) is 25.6 Å². The molecule has 0 aliphatic carbocycles. The second-order valence-electron chi connectivity index (χ2n) is 7.55. The summed E-state index contributed by atoms with van der Waals surface area (Å²) in [6, 6.07) is 26.5. The molecule has 0 saturated carbocycles. The molecule has 27 heavy (non-hydrogen) atoms. The van der Waals surface area contributed by atoms with Crippen molar-refractivity contribution in [3.63, 3.8) is 0 Å². The first-order valence-corrected chi connectivity index (χ1v) is 9.53. The summed E-state index contributed by atoms with van der Waals surface area (Å²) in [4.78, 5) is 4.90. The van der Waals surface area contributed by atoms with Gasteiger partial charge in [0.25, 0.3) is 0 Å². The molecule has 2 heterocycles. The zero-order valence-corrected chi connectivity index (χ0v) is 15.9. The molecule has 0 atom stereocenters. The minimum atomic E-state index is 0.393. The van der Waals surface area contributed by atoms with Gasteiger partial charge in [0.1, 0.15) is 0 Å². The summed E-state index contributed by atoms with van der Waals surface area (Å²) in [5.41, 5.74) is 5.85. The first-order valence-electron chi connectivity index (χ1n) is 9.53. The summed E-state index contributed by atoms with van der Waals surface area (Å²) in [5.74, 6) is 0. The van der Waals surface area contributed by atoms with Crippen molar-refractivity contribution in [2.45, 2.75) is 26.8 Å². The summed E-state index contributed by atoms with van der Waals surface area (Å²) < 4.78 is 2.44. The number of rotatable bonds is 2. The molecule has 0 aliphatic heterocycles. The van der Waals surface area contributed by atoms with Crippen molar-refractivity contribution in [3.05, 3.63) is 78.5 Å². The lowest BCUT2D eigenvalue weighted by Crippen LogP contribution is -2.00. The van der Waals surface area contributed by atoms with Crippen LogP contribution in [0.15, 0.2) is 72.8 Å². The van der Waals surface area contributed by atoms with E-state index in [1.807, 2.05) is 0 Å². The van der Waals surface area contributed by atoms with Gasteiger partial charge in [-0.25, -0.2) is 0 Å². The Morgan fingerprint density at radius 2 is 1.44 bits per heavy atom. The van der Waals surface area contributed by atoms with Crippen LogP contribution in [0.4, 0.5) is 0 Å². The average Bonchev–Trinajstić information content (AvgIpc) is 3.01. The molecule has 5 aromatic rings. The fraction of sp³-hybridized carbons (Fsp3) is 0.160. The maximum Gasteiger partial charge on any atom is 0.0784 e. The van der Waals surface area contributed by atoms with Crippen molar-refractivity contribution in [2.75, 3.05) is 0 Å². The Labute approximate surface area is 159 Å².